The maximum absolute atomic E-state index is 12.5. The molecule has 1 spiro atoms. The van der Waals surface area contributed by atoms with Crippen molar-refractivity contribution in [2.24, 2.45) is 11.3 Å². The lowest BCUT2D eigenvalue weighted by atomic mass is 9.64. The van der Waals surface area contributed by atoms with E-state index in [0.29, 0.717) is 12.3 Å². The molecular formula is C13H22N2O3. The Balaban J connectivity index is 2.27. The van der Waals surface area contributed by atoms with Gasteiger partial charge in [-0.05, 0) is 30.6 Å². The van der Waals surface area contributed by atoms with Crippen LogP contribution in [0.25, 0.3) is 0 Å². The smallest absolute Gasteiger partial charge is 0.326 e. The number of hydrogen-bond acceptors (Lipinski definition) is 3. The van der Waals surface area contributed by atoms with E-state index >= 15 is 0 Å². The van der Waals surface area contributed by atoms with E-state index in [4.69, 9.17) is 4.74 Å². The van der Waals surface area contributed by atoms with E-state index in [1.807, 2.05) is 0 Å². The normalized spacial score (nSPS) is 35.1. The minimum Gasteiger partial charge on any atom is -0.364 e. The second kappa shape index (κ2) is 4.23. The summed E-state index contributed by atoms with van der Waals surface area (Å²) in [4.78, 5) is 25.5. The van der Waals surface area contributed by atoms with Gasteiger partial charge >= 0.3 is 6.03 Å². The highest BCUT2D eigenvalue weighted by atomic mass is 16.5. The molecule has 2 atom stereocenters. The van der Waals surface area contributed by atoms with Gasteiger partial charge in [-0.1, -0.05) is 20.8 Å². The molecule has 2 rings (SSSR count). The van der Waals surface area contributed by atoms with Crippen molar-refractivity contribution in [3.05, 3.63) is 0 Å². The largest absolute Gasteiger partial charge is 0.364 e. The van der Waals surface area contributed by atoms with Crippen molar-refractivity contribution >= 4 is 11.9 Å². The van der Waals surface area contributed by atoms with Crippen LogP contribution in [0.3, 0.4) is 0 Å². The zero-order chi connectivity index (χ0) is 13.6. The molecule has 18 heavy (non-hydrogen) atoms. The van der Waals surface area contributed by atoms with Crippen LogP contribution < -0.4 is 5.32 Å². The third kappa shape index (κ3) is 2.11. The molecule has 2 fully saturated rings. The molecule has 3 amide bonds. The van der Waals surface area contributed by atoms with Crippen LogP contribution >= 0.6 is 0 Å². The highest BCUT2D eigenvalue weighted by Gasteiger charge is 2.56. The summed E-state index contributed by atoms with van der Waals surface area (Å²) in [7, 11) is 1.49. The molecule has 5 nitrogen and oxygen atoms in total. The van der Waals surface area contributed by atoms with Gasteiger partial charge in [0.15, 0.2) is 0 Å². The fraction of sp³-hybridized carbons (Fsp3) is 0.846. The topological polar surface area (TPSA) is 58.6 Å². The Morgan fingerprint density at radius 3 is 2.61 bits per heavy atom. The maximum Gasteiger partial charge on any atom is 0.326 e. The van der Waals surface area contributed by atoms with E-state index < -0.39 is 5.54 Å². The van der Waals surface area contributed by atoms with Crippen LogP contribution in [-0.2, 0) is 9.53 Å². The van der Waals surface area contributed by atoms with Crippen LogP contribution in [0, 0.1) is 11.3 Å². The third-order valence-corrected chi connectivity index (χ3v) is 3.88. The number of nitrogens with zero attached hydrogens (tertiary/aromatic N) is 1. The zero-order valence-corrected chi connectivity index (χ0v) is 11.6. The predicted octanol–water partition coefficient (Wildman–Crippen LogP) is 1.73. The number of imide groups is 1. The zero-order valence-electron chi connectivity index (χ0n) is 11.6. The van der Waals surface area contributed by atoms with Crippen LogP contribution in [0.5, 0.6) is 0 Å². The van der Waals surface area contributed by atoms with E-state index in [9.17, 15) is 9.59 Å². The van der Waals surface area contributed by atoms with Crippen LogP contribution in [0.1, 0.15) is 40.0 Å². The molecule has 2 aliphatic rings. The first-order valence-electron chi connectivity index (χ1n) is 6.43. The lowest BCUT2D eigenvalue weighted by Gasteiger charge is -2.43. The quantitative estimate of drug-likeness (QED) is 0.763. The Kier molecular flexibility index (Phi) is 3.13. The molecule has 1 aliphatic heterocycles. The number of ether oxygens (including phenoxy) is 1. The van der Waals surface area contributed by atoms with E-state index in [1.165, 1.54) is 12.0 Å². The van der Waals surface area contributed by atoms with Crippen molar-refractivity contribution in [1.82, 2.24) is 10.2 Å². The Hall–Kier alpha value is -1.10. The maximum atomic E-state index is 12.5. The molecule has 1 N–H and O–H groups in total. The molecule has 1 aliphatic carbocycles. The lowest BCUT2D eigenvalue weighted by Crippen LogP contribution is -2.54. The standard InChI is InChI=1S/C13H22N2O3/c1-9-5-12(2,3)7-13(6-9)10(16)15(8-18-4)11(17)14-13/h9H,5-8H2,1-4H3,(H,14,17)/t9-,13+/m1/s1. The number of urea groups is 1. The Morgan fingerprint density at radius 2 is 2.06 bits per heavy atom. The summed E-state index contributed by atoms with van der Waals surface area (Å²) >= 11 is 0. The SMILES string of the molecule is COCN1C(=O)N[C@]2(C[C@H](C)CC(C)(C)C2)C1=O. The molecular weight excluding hydrogens is 232 g/mol. The second-order valence-corrected chi connectivity index (χ2v) is 6.52. The number of hydrogen-bond donors (Lipinski definition) is 1. The van der Waals surface area contributed by atoms with Crippen LogP contribution in [0.15, 0.2) is 0 Å². The van der Waals surface area contributed by atoms with Crippen molar-refractivity contribution < 1.29 is 14.3 Å². The molecule has 0 aromatic heterocycles. The number of rotatable bonds is 2. The number of methoxy groups -OCH3 is 1. The van der Waals surface area contributed by atoms with Gasteiger partial charge in [-0.15, -0.1) is 0 Å². The fourth-order valence-corrected chi connectivity index (χ4v) is 3.75. The van der Waals surface area contributed by atoms with Gasteiger partial charge in [0.1, 0.15) is 12.3 Å². The highest BCUT2D eigenvalue weighted by molar-refractivity contribution is 6.07. The van der Waals surface area contributed by atoms with Gasteiger partial charge in [-0.3, -0.25) is 4.79 Å². The fourth-order valence-electron chi connectivity index (χ4n) is 3.75. The summed E-state index contributed by atoms with van der Waals surface area (Å²) in [6.45, 7) is 6.48. The molecule has 102 valence electrons. The van der Waals surface area contributed by atoms with Crippen molar-refractivity contribution in [2.45, 2.75) is 45.6 Å². The van der Waals surface area contributed by atoms with E-state index in [-0.39, 0.29) is 24.1 Å². The molecule has 0 radical (unpaired) electrons. The van der Waals surface area contributed by atoms with Crippen LogP contribution in [0.2, 0.25) is 0 Å². The van der Waals surface area contributed by atoms with Crippen molar-refractivity contribution in [1.29, 1.82) is 0 Å². The average molecular weight is 254 g/mol. The van der Waals surface area contributed by atoms with Gasteiger partial charge in [0, 0.05) is 7.11 Å². The summed E-state index contributed by atoms with van der Waals surface area (Å²) in [6, 6.07) is -0.327. The molecule has 0 aromatic carbocycles. The minimum atomic E-state index is -0.712. The van der Waals surface area contributed by atoms with Crippen molar-refractivity contribution in [3.8, 4) is 0 Å². The molecule has 1 saturated heterocycles. The van der Waals surface area contributed by atoms with Crippen molar-refractivity contribution in [3.63, 3.8) is 0 Å². The minimum absolute atomic E-state index is 0.0290. The number of carbonyl (C=O) groups excluding carboxylic acids is 2. The van der Waals surface area contributed by atoms with E-state index in [1.54, 1.807) is 0 Å². The second-order valence-electron chi connectivity index (χ2n) is 6.52. The van der Waals surface area contributed by atoms with Gasteiger partial charge < -0.3 is 10.1 Å². The summed E-state index contributed by atoms with van der Waals surface area (Å²) in [5.41, 5.74) is -0.638. The number of carbonyl (C=O) groups is 2. The first-order valence-corrected chi connectivity index (χ1v) is 6.43. The summed E-state index contributed by atoms with van der Waals surface area (Å²) in [5.74, 6) is 0.300. The monoisotopic (exact) mass is 254 g/mol. The Labute approximate surface area is 108 Å². The molecule has 1 heterocycles. The van der Waals surface area contributed by atoms with Gasteiger partial charge in [0.25, 0.3) is 5.91 Å². The highest BCUT2D eigenvalue weighted by Crippen LogP contribution is 2.46. The Morgan fingerprint density at radius 1 is 1.39 bits per heavy atom. The van der Waals surface area contributed by atoms with Crippen LogP contribution in [-0.4, -0.2) is 36.2 Å². The number of amides is 3. The summed E-state index contributed by atoms with van der Waals surface area (Å²) in [6.07, 6.45) is 2.51. The van der Waals surface area contributed by atoms with Crippen molar-refractivity contribution in [2.75, 3.05) is 13.8 Å². The molecule has 5 heteroatoms. The average Bonchev–Trinajstić information content (AvgIpc) is 2.39. The lowest BCUT2D eigenvalue weighted by molar-refractivity contribution is -0.137. The summed E-state index contributed by atoms with van der Waals surface area (Å²) in [5, 5.41) is 2.90. The van der Waals surface area contributed by atoms with Crippen LogP contribution in [0.4, 0.5) is 4.79 Å². The molecule has 0 unspecified atom stereocenters. The molecule has 1 saturated carbocycles. The van der Waals surface area contributed by atoms with E-state index in [0.717, 1.165) is 12.8 Å². The summed E-state index contributed by atoms with van der Waals surface area (Å²) < 4.78 is 4.92. The van der Waals surface area contributed by atoms with E-state index in [2.05, 4.69) is 26.1 Å². The Bertz CT molecular complexity index is 380. The first kappa shape index (κ1) is 13.3. The molecule has 0 aromatic rings. The first-order chi connectivity index (χ1) is 8.30. The van der Waals surface area contributed by atoms with Gasteiger partial charge in [0.05, 0.1) is 0 Å². The van der Waals surface area contributed by atoms with Gasteiger partial charge in [-0.2, -0.15) is 0 Å². The predicted molar refractivity (Wildman–Crippen MR) is 66.8 cm³/mol. The van der Waals surface area contributed by atoms with Gasteiger partial charge in [0.2, 0.25) is 0 Å². The van der Waals surface area contributed by atoms with Gasteiger partial charge in [-0.25, -0.2) is 9.69 Å². The number of nitrogens with one attached hydrogen (secondary N) is 1. The molecule has 0 bridgehead atoms. The third-order valence-electron chi connectivity index (χ3n) is 3.88.